The molecule has 0 aliphatic heterocycles. The minimum Gasteiger partial charge on any atom is -0.490 e. The molecule has 166 valence electrons. The van der Waals surface area contributed by atoms with Crippen LogP contribution in [0.5, 0.6) is 5.75 Å². The Kier molecular flexibility index (Phi) is 8.95. The summed E-state index contributed by atoms with van der Waals surface area (Å²) < 4.78 is 33.7. The number of hydrogen-bond acceptors (Lipinski definition) is 1. The summed E-state index contributed by atoms with van der Waals surface area (Å²) in [6.45, 7) is 4.52. The van der Waals surface area contributed by atoms with E-state index in [0.29, 0.717) is 12.5 Å². The molecule has 0 N–H and O–H groups in total. The maximum atomic E-state index is 14.3. The van der Waals surface area contributed by atoms with Crippen LogP contribution in [-0.2, 0) is 6.42 Å². The van der Waals surface area contributed by atoms with E-state index in [1.165, 1.54) is 48.9 Å². The van der Waals surface area contributed by atoms with Gasteiger partial charge < -0.3 is 4.74 Å². The van der Waals surface area contributed by atoms with Crippen LogP contribution in [0.2, 0.25) is 0 Å². The third-order valence-corrected chi connectivity index (χ3v) is 6.17. The van der Waals surface area contributed by atoms with E-state index in [-0.39, 0.29) is 17.2 Å². The molecule has 0 bridgehead atoms. The molecule has 1 fully saturated rings. The van der Waals surface area contributed by atoms with Crippen molar-refractivity contribution in [2.45, 2.75) is 77.6 Å². The second-order valence-electron chi connectivity index (χ2n) is 8.60. The van der Waals surface area contributed by atoms with Crippen molar-refractivity contribution >= 4 is 0 Å². The molecule has 1 aliphatic rings. The van der Waals surface area contributed by atoms with Gasteiger partial charge in [0.15, 0.2) is 11.6 Å². The first-order valence-corrected chi connectivity index (χ1v) is 11.8. The molecule has 0 radical (unpaired) electrons. The maximum absolute atomic E-state index is 14.3. The molecule has 2 aromatic rings. The van der Waals surface area contributed by atoms with Gasteiger partial charge in [0.05, 0.1) is 12.2 Å². The Morgan fingerprint density at radius 2 is 1.61 bits per heavy atom. The van der Waals surface area contributed by atoms with Crippen molar-refractivity contribution in [1.82, 2.24) is 0 Å². The predicted molar refractivity (Wildman–Crippen MR) is 123 cm³/mol. The van der Waals surface area contributed by atoms with Gasteiger partial charge in [0, 0.05) is 5.92 Å². The van der Waals surface area contributed by atoms with Gasteiger partial charge in [-0.3, -0.25) is 0 Å². The van der Waals surface area contributed by atoms with Crippen LogP contribution in [0, 0.1) is 29.4 Å². The standard InChI is InChI=1S/C28H34F2O/c1-3-5-6-7-21-8-13-23(14-9-21)24-15-10-22(11-16-24)12-17-25-18-19-26(31-20-4-2)28(30)27(25)29/h8-9,13-14,18-19,22,24H,3-7,10-11,15-16,20H2,1-2H3. The molecular weight excluding hydrogens is 390 g/mol. The van der Waals surface area contributed by atoms with Gasteiger partial charge in [-0.15, -0.1) is 0 Å². The summed E-state index contributed by atoms with van der Waals surface area (Å²) in [5.74, 6) is 4.98. The smallest absolute Gasteiger partial charge is 0.201 e. The van der Waals surface area contributed by atoms with Gasteiger partial charge in [-0.2, -0.15) is 4.39 Å². The molecule has 1 saturated carbocycles. The Balaban J connectivity index is 1.54. The molecule has 0 amide bonds. The van der Waals surface area contributed by atoms with Gasteiger partial charge in [0.25, 0.3) is 0 Å². The number of aryl methyl sites for hydroxylation is 1. The molecule has 0 aromatic heterocycles. The second-order valence-corrected chi connectivity index (χ2v) is 8.60. The molecule has 0 spiro atoms. The van der Waals surface area contributed by atoms with Gasteiger partial charge in [0.1, 0.15) is 0 Å². The molecule has 1 aliphatic carbocycles. The molecule has 0 heterocycles. The summed E-state index contributed by atoms with van der Waals surface area (Å²) in [5.41, 5.74) is 2.96. The summed E-state index contributed by atoms with van der Waals surface area (Å²) in [5, 5.41) is 0. The van der Waals surface area contributed by atoms with Crippen LogP contribution >= 0.6 is 0 Å². The fraction of sp³-hybridized carbons (Fsp3) is 0.500. The SMILES string of the molecule is CCCCCc1ccc(C2CCC(C#Cc3ccc(OCCC)c(F)c3F)CC2)cc1. The molecule has 2 aromatic carbocycles. The largest absolute Gasteiger partial charge is 0.490 e. The highest BCUT2D eigenvalue weighted by molar-refractivity contribution is 5.41. The lowest BCUT2D eigenvalue weighted by Crippen LogP contribution is -2.12. The van der Waals surface area contributed by atoms with E-state index in [0.717, 1.165) is 32.1 Å². The molecule has 3 heteroatoms. The summed E-state index contributed by atoms with van der Waals surface area (Å²) >= 11 is 0. The number of rotatable bonds is 8. The van der Waals surface area contributed by atoms with Crippen molar-refractivity contribution in [1.29, 1.82) is 0 Å². The average molecular weight is 425 g/mol. The molecule has 1 nitrogen and oxygen atoms in total. The zero-order valence-electron chi connectivity index (χ0n) is 18.9. The Labute approximate surface area is 186 Å². The van der Waals surface area contributed by atoms with Crippen LogP contribution in [0.15, 0.2) is 36.4 Å². The van der Waals surface area contributed by atoms with Crippen molar-refractivity contribution in [3.05, 3.63) is 64.7 Å². The third kappa shape index (κ3) is 6.57. The molecular formula is C28H34F2O. The summed E-state index contributed by atoms with van der Waals surface area (Å²) in [7, 11) is 0. The van der Waals surface area contributed by atoms with E-state index in [9.17, 15) is 8.78 Å². The van der Waals surface area contributed by atoms with Gasteiger partial charge in [0.2, 0.25) is 5.82 Å². The van der Waals surface area contributed by atoms with E-state index in [2.05, 4.69) is 43.0 Å². The van der Waals surface area contributed by atoms with Crippen LogP contribution < -0.4 is 4.74 Å². The van der Waals surface area contributed by atoms with Gasteiger partial charge in [-0.25, -0.2) is 4.39 Å². The lowest BCUT2D eigenvalue weighted by molar-refractivity contribution is 0.295. The number of hydrogen-bond donors (Lipinski definition) is 0. The lowest BCUT2D eigenvalue weighted by Gasteiger charge is -2.26. The van der Waals surface area contributed by atoms with Crippen LogP contribution in [0.1, 0.15) is 87.8 Å². The first kappa shape index (κ1) is 23.3. The molecule has 31 heavy (non-hydrogen) atoms. The quantitative estimate of drug-likeness (QED) is 0.310. The Bertz CT molecular complexity index is 884. The Hall–Kier alpha value is -2.34. The highest BCUT2D eigenvalue weighted by atomic mass is 19.2. The van der Waals surface area contributed by atoms with Gasteiger partial charge in [-0.1, -0.05) is 62.8 Å². The van der Waals surface area contributed by atoms with Crippen LogP contribution in [0.4, 0.5) is 8.78 Å². The molecule has 3 rings (SSSR count). The lowest BCUT2D eigenvalue weighted by atomic mass is 9.78. The zero-order chi connectivity index (χ0) is 22.1. The van der Waals surface area contributed by atoms with Crippen LogP contribution in [0.3, 0.4) is 0 Å². The van der Waals surface area contributed by atoms with Crippen molar-refractivity contribution in [2.75, 3.05) is 6.61 Å². The predicted octanol–water partition coefficient (Wildman–Crippen LogP) is 7.81. The summed E-state index contributed by atoms with van der Waals surface area (Å²) in [6.07, 6.45) is 9.90. The monoisotopic (exact) mass is 424 g/mol. The molecule has 0 atom stereocenters. The minimum absolute atomic E-state index is 0.0400. The van der Waals surface area contributed by atoms with Crippen molar-refractivity contribution in [3.8, 4) is 17.6 Å². The van der Waals surface area contributed by atoms with Crippen molar-refractivity contribution in [3.63, 3.8) is 0 Å². The van der Waals surface area contributed by atoms with Gasteiger partial charge >= 0.3 is 0 Å². The average Bonchev–Trinajstić information content (AvgIpc) is 2.80. The number of halogens is 2. The van der Waals surface area contributed by atoms with E-state index < -0.39 is 11.6 Å². The van der Waals surface area contributed by atoms with Crippen LogP contribution in [-0.4, -0.2) is 6.61 Å². The van der Waals surface area contributed by atoms with E-state index in [4.69, 9.17) is 4.74 Å². The maximum Gasteiger partial charge on any atom is 0.201 e. The van der Waals surface area contributed by atoms with E-state index in [1.807, 2.05) is 6.92 Å². The first-order valence-electron chi connectivity index (χ1n) is 11.8. The molecule has 0 saturated heterocycles. The third-order valence-electron chi connectivity index (χ3n) is 6.17. The zero-order valence-corrected chi connectivity index (χ0v) is 18.9. The fourth-order valence-corrected chi connectivity index (χ4v) is 4.24. The number of unbranched alkanes of at least 4 members (excludes halogenated alkanes) is 2. The normalized spacial score (nSPS) is 18.3. The second kappa shape index (κ2) is 11.9. The molecule has 0 unspecified atom stereocenters. The van der Waals surface area contributed by atoms with Crippen molar-refractivity contribution in [2.24, 2.45) is 5.92 Å². The summed E-state index contributed by atoms with van der Waals surface area (Å²) in [4.78, 5) is 0. The minimum atomic E-state index is -0.943. The fourth-order valence-electron chi connectivity index (χ4n) is 4.24. The van der Waals surface area contributed by atoms with Crippen LogP contribution in [0.25, 0.3) is 0 Å². The van der Waals surface area contributed by atoms with Gasteiger partial charge in [-0.05, 0) is 74.1 Å². The van der Waals surface area contributed by atoms with E-state index in [1.54, 1.807) is 0 Å². The highest BCUT2D eigenvalue weighted by Crippen LogP contribution is 2.35. The number of ether oxygens (including phenoxy) is 1. The number of benzene rings is 2. The summed E-state index contributed by atoms with van der Waals surface area (Å²) in [6, 6.07) is 12.1. The first-order chi connectivity index (χ1) is 15.1. The van der Waals surface area contributed by atoms with Crippen molar-refractivity contribution < 1.29 is 13.5 Å². The Morgan fingerprint density at radius 1 is 0.871 bits per heavy atom. The Morgan fingerprint density at radius 3 is 2.29 bits per heavy atom. The van der Waals surface area contributed by atoms with E-state index >= 15 is 0 Å². The topological polar surface area (TPSA) is 9.23 Å². The highest BCUT2D eigenvalue weighted by Gasteiger charge is 2.21.